The van der Waals surface area contributed by atoms with Gasteiger partial charge in [-0.2, -0.15) is 5.10 Å². The van der Waals surface area contributed by atoms with Crippen LogP contribution in [0.15, 0.2) is 52.5 Å². The van der Waals surface area contributed by atoms with Gasteiger partial charge in [-0.25, -0.2) is 12.7 Å². The van der Waals surface area contributed by atoms with E-state index in [1.165, 1.54) is 17.0 Å². The van der Waals surface area contributed by atoms with Gasteiger partial charge in [0.05, 0.1) is 11.3 Å². The Morgan fingerprint density at radius 3 is 2.56 bits per heavy atom. The van der Waals surface area contributed by atoms with Gasteiger partial charge in [0.1, 0.15) is 18.9 Å². The molecule has 3 amide bonds. The van der Waals surface area contributed by atoms with Crippen LogP contribution in [0.25, 0.3) is 10.8 Å². The lowest BCUT2D eigenvalue weighted by molar-refractivity contribution is -0.152. The van der Waals surface area contributed by atoms with E-state index in [-0.39, 0.29) is 35.8 Å². The molecule has 0 unspecified atom stereocenters. The van der Waals surface area contributed by atoms with Crippen LogP contribution in [0.3, 0.4) is 0 Å². The summed E-state index contributed by atoms with van der Waals surface area (Å²) in [6.45, 7) is 1.57. The summed E-state index contributed by atoms with van der Waals surface area (Å²) < 4.78 is 28.1. The number of carbonyl (C=O) groups is 3. The lowest BCUT2D eigenvalue weighted by Crippen LogP contribution is -2.62. The average Bonchev–Trinajstić information content (AvgIpc) is 3.75. The van der Waals surface area contributed by atoms with Crippen molar-refractivity contribution in [2.24, 2.45) is 16.9 Å². The van der Waals surface area contributed by atoms with Crippen molar-refractivity contribution in [2.45, 2.75) is 49.1 Å². The molecule has 2 saturated heterocycles. The topological polar surface area (TPSA) is 145 Å². The highest BCUT2D eigenvalue weighted by molar-refractivity contribution is 7.89. The molecule has 5 rings (SSSR count). The van der Waals surface area contributed by atoms with E-state index in [4.69, 9.17) is 5.84 Å². The van der Waals surface area contributed by atoms with E-state index in [0.29, 0.717) is 22.8 Å². The number of rotatable bonds is 8. The maximum absolute atomic E-state index is 13.7. The van der Waals surface area contributed by atoms with Crippen molar-refractivity contribution in [1.29, 1.82) is 0 Å². The number of piperazine rings is 1. The molecule has 0 aromatic heterocycles. The Hall–Kier alpha value is -3.38. The molecule has 3 N–H and O–H groups in total. The van der Waals surface area contributed by atoms with Gasteiger partial charge in [-0.05, 0) is 54.5 Å². The summed E-state index contributed by atoms with van der Waals surface area (Å²) in [5.41, 5.74) is 0. The molecule has 2 atom stereocenters. The normalized spacial score (nSPS) is 22.3. The van der Waals surface area contributed by atoms with E-state index in [0.717, 1.165) is 37.6 Å². The molecular formula is C26H33ClN6O5S. The molecule has 1 saturated carbocycles. The Morgan fingerprint density at radius 1 is 1.10 bits per heavy atom. The van der Waals surface area contributed by atoms with Gasteiger partial charge in [0.25, 0.3) is 15.9 Å². The fraction of sp³-hybridized carbons (Fsp3) is 0.462. The minimum atomic E-state index is -4.38. The van der Waals surface area contributed by atoms with Crippen molar-refractivity contribution in [2.75, 3.05) is 26.2 Å². The summed E-state index contributed by atoms with van der Waals surface area (Å²) >= 11 is 0. The summed E-state index contributed by atoms with van der Waals surface area (Å²) in [5.74, 6) is 3.73. The number of hydrogen-bond donors (Lipinski definition) is 2. The lowest BCUT2D eigenvalue weighted by atomic mass is 9.98. The molecule has 0 radical (unpaired) electrons. The van der Waals surface area contributed by atoms with Crippen LogP contribution in [-0.2, 0) is 24.4 Å². The zero-order valence-electron chi connectivity index (χ0n) is 21.4. The first kappa shape index (κ1) is 28.6. The van der Waals surface area contributed by atoms with Crippen molar-refractivity contribution in [3.05, 3.63) is 42.5 Å². The zero-order valence-corrected chi connectivity index (χ0v) is 23.1. The largest absolute Gasteiger partial charge is 0.361 e. The molecule has 11 nitrogen and oxygen atoms in total. The van der Waals surface area contributed by atoms with Gasteiger partial charge in [0, 0.05) is 25.7 Å². The number of fused-ring (bicyclic) bond motifs is 1. The molecule has 2 aliphatic heterocycles. The molecule has 2 aromatic rings. The van der Waals surface area contributed by atoms with Gasteiger partial charge >= 0.3 is 0 Å². The molecule has 0 spiro atoms. The Morgan fingerprint density at radius 2 is 1.85 bits per heavy atom. The number of halogens is 1. The predicted octanol–water partition coefficient (Wildman–Crippen LogP) is 1.27. The summed E-state index contributed by atoms with van der Waals surface area (Å²) in [7, 11) is -4.38. The first-order valence-corrected chi connectivity index (χ1v) is 14.3. The number of benzene rings is 2. The monoisotopic (exact) mass is 576 g/mol. The van der Waals surface area contributed by atoms with Crippen LogP contribution < -0.4 is 11.2 Å². The summed E-state index contributed by atoms with van der Waals surface area (Å²) in [5, 5.41) is 7.95. The number of sulfonamides is 1. The van der Waals surface area contributed by atoms with Crippen LogP contribution >= 0.6 is 12.4 Å². The molecule has 39 heavy (non-hydrogen) atoms. The van der Waals surface area contributed by atoms with E-state index < -0.39 is 40.2 Å². The Balaban J connectivity index is 0.00000353. The molecule has 210 valence electrons. The van der Waals surface area contributed by atoms with Gasteiger partial charge in [-0.15, -0.1) is 12.4 Å². The number of nitrogens with two attached hydrogens (primary N) is 1. The molecule has 2 heterocycles. The number of nitrogens with one attached hydrogen (secondary N) is 1. The second-order valence-corrected chi connectivity index (χ2v) is 12.0. The summed E-state index contributed by atoms with van der Waals surface area (Å²) in [4.78, 5) is 43.1. The molecule has 3 fully saturated rings. The maximum Gasteiger partial charge on any atom is 0.267 e. The molecule has 0 bridgehead atoms. The van der Waals surface area contributed by atoms with Gasteiger partial charge in [0.15, 0.2) is 0 Å². The third kappa shape index (κ3) is 6.11. The van der Waals surface area contributed by atoms with Gasteiger partial charge in [-0.1, -0.05) is 30.3 Å². The molecule has 2 aromatic carbocycles. The van der Waals surface area contributed by atoms with Crippen molar-refractivity contribution < 1.29 is 22.8 Å². The molecule has 1 aliphatic carbocycles. The molecule has 3 aliphatic rings. The van der Waals surface area contributed by atoms with Crippen LogP contribution in [0.1, 0.15) is 32.1 Å². The number of hydrogen-bond acceptors (Lipinski definition) is 7. The highest BCUT2D eigenvalue weighted by Gasteiger charge is 2.50. The van der Waals surface area contributed by atoms with Gasteiger partial charge in [-0.3, -0.25) is 14.4 Å². The minimum absolute atomic E-state index is 0. The van der Waals surface area contributed by atoms with Crippen LogP contribution in [0.4, 0.5) is 0 Å². The molecule has 13 heteroatoms. The number of piperidine rings is 1. The third-order valence-corrected chi connectivity index (χ3v) is 9.24. The third-order valence-electron chi connectivity index (χ3n) is 7.42. The second-order valence-electron chi connectivity index (χ2n) is 10.2. The second kappa shape index (κ2) is 11.8. The lowest BCUT2D eigenvalue weighted by Gasteiger charge is -2.39. The van der Waals surface area contributed by atoms with Crippen molar-refractivity contribution in [3.8, 4) is 0 Å². The summed E-state index contributed by atoms with van der Waals surface area (Å²) in [6.07, 6.45) is 4.51. The number of hydrazone groups is 1. The Kier molecular flexibility index (Phi) is 8.65. The van der Waals surface area contributed by atoms with Crippen LogP contribution in [0.5, 0.6) is 0 Å². The Bertz CT molecular complexity index is 1380. The highest BCUT2D eigenvalue weighted by Crippen LogP contribution is 2.33. The number of carbonyl (C=O) groups excluding carboxylic acids is 3. The van der Waals surface area contributed by atoms with E-state index in [2.05, 4.69) is 10.4 Å². The van der Waals surface area contributed by atoms with E-state index >= 15 is 0 Å². The van der Waals surface area contributed by atoms with Gasteiger partial charge < -0.3 is 21.0 Å². The van der Waals surface area contributed by atoms with Crippen LogP contribution in [-0.4, -0.2) is 84.8 Å². The number of amides is 3. The van der Waals surface area contributed by atoms with Crippen molar-refractivity contribution in [1.82, 2.24) is 19.4 Å². The van der Waals surface area contributed by atoms with Crippen LogP contribution in [0, 0.1) is 5.92 Å². The average molecular weight is 577 g/mol. The minimum Gasteiger partial charge on any atom is -0.361 e. The first-order valence-electron chi connectivity index (χ1n) is 12.9. The smallest absolute Gasteiger partial charge is 0.267 e. The van der Waals surface area contributed by atoms with Gasteiger partial charge in [0.2, 0.25) is 11.8 Å². The highest BCUT2D eigenvalue weighted by atomic mass is 35.5. The standard InChI is InChI=1S/C26H32N6O5S.ClH/c27-29-17-30-11-3-4-18(15-30)14-28-24(33)13-23-26(35)31(21-8-9-21)16-25(34)32(23)38(36,37)22-10-7-19-5-1-2-6-20(19)12-22;/h1-2,5-7,10,12,17-18,21,23H,3-4,8-9,11,13-16,27H2,(H,28,33);1H/t18-,23-;/m0./s1. The van der Waals surface area contributed by atoms with E-state index in [1.54, 1.807) is 24.5 Å². The fourth-order valence-corrected chi connectivity index (χ4v) is 6.90. The first-order chi connectivity index (χ1) is 18.3. The van der Waals surface area contributed by atoms with E-state index in [9.17, 15) is 22.8 Å². The quantitative estimate of drug-likeness (QED) is 0.208. The SMILES string of the molecule is Cl.NN=CN1CCC[C@@H](CNC(=O)C[C@H]2C(=O)N(C3CC3)CC(=O)N2S(=O)(=O)c2ccc3ccccc3c2)C1. The maximum atomic E-state index is 13.7. The van der Waals surface area contributed by atoms with E-state index in [1.807, 2.05) is 17.0 Å². The number of likely N-dealkylation sites (tertiary alicyclic amines) is 1. The zero-order chi connectivity index (χ0) is 26.9. The van der Waals surface area contributed by atoms with Crippen molar-refractivity contribution >= 4 is 57.3 Å². The summed E-state index contributed by atoms with van der Waals surface area (Å²) in [6, 6.07) is 10.4. The Labute approximate surface area is 233 Å². The predicted molar refractivity (Wildman–Crippen MR) is 148 cm³/mol. The number of nitrogens with zero attached hydrogens (tertiary/aromatic N) is 4. The van der Waals surface area contributed by atoms with Crippen LogP contribution in [0.2, 0.25) is 0 Å². The van der Waals surface area contributed by atoms with Crippen molar-refractivity contribution in [3.63, 3.8) is 0 Å². The fourth-order valence-electron chi connectivity index (χ4n) is 5.34. The molecular weight excluding hydrogens is 544 g/mol.